The molecule has 124 valence electrons. The smallest absolute Gasteiger partial charge is 0.308 e. The standard InChI is InChI=1S/C18H23NO4/c1-23-16-10-6-5-9-14(16)11-15(18(21)22)12-19-17(20)13-7-3-2-4-8-13/h2-3,5-6,9-10,13,15H,4,7-8,11-12H2,1H3,(H,19,20)(H,21,22)/t13-,15-/m1/s1. The van der Waals surface area contributed by atoms with E-state index in [1.165, 1.54) is 0 Å². The van der Waals surface area contributed by atoms with E-state index in [2.05, 4.69) is 11.4 Å². The number of hydrogen-bond donors (Lipinski definition) is 2. The number of amides is 1. The molecule has 0 saturated carbocycles. The van der Waals surface area contributed by atoms with E-state index >= 15 is 0 Å². The van der Waals surface area contributed by atoms with Gasteiger partial charge in [-0.3, -0.25) is 9.59 Å². The fourth-order valence-electron chi connectivity index (χ4n) is 2.78. The van der Waals surface area contributed by atoms with E-state index in [9.17, 15) is 14.7 Å². The minimum absolute atomic E-state index is 0.0410. The maximum atomic E-state index is 12.1. The molecule has 2 atom stereocenters. The van der Waals surface area contributed by atoms with E-state index in [1.807, 2.05) is 24.3 Å². The van der Waals surface area contributed by atoms with Gasteiger partial charge in [-0.25, -0.2) is 0 Å². The Kier molecular flexibility index (Phi) is 6.20. The van der Waals surface area contributed by atoms with Crippen molar-refractivity contribution in [2.45, 2.75) is 25.7 Å². The van der Waals surface area contributed by atoms with Crippen molar-refractivity contribution < 1.29 is 19.4 Å². The van der Waals surface area contributed by atoms with Gasteiger partial charge in [-0.2, -0.15) is 0 Å². The van der Waals surface area contributed by atoms with Gasteiger partial charge in [0.05, 0.1) is 13.0 Å². The van der Waals surface area contributed by atoms with Crippen LogP contribution in [0.3, 0.4) is 0 Å². The van der Waals surface area contributed by atoms with Gasteiger partial charge >= 0.3 is 5.97 Å². The van der Waals surface area contributed by atoms with Crippen LogP contribution >= 0.6 is 0 Å². The minimum atomic E-state index is -0.917. The number of benzene rings is 1. The summed E-state index contributed by atoms with van der Waals surface area (Å²) in [5.74, 6) is -1.02. The van der Waals surface area contributed by atoms with E-state index < -0.39 is 11.9 Å². The molecule has 1 amide bonds. The third kappa shape index (κ3) is 4.84. The van der Waals surface area contributed by atoms with Gasteiger partial charge in [0.15, 0.2) is 0 Å². The molecule has 0 aliphatic heterocycles. The Hall–Kier alpha value is -2.30. The van der Waals surface area contributed by atoms with Crippen LogP contribution in [0.4, 0.5) is 0 Å². The summed E-state index contributed by atoms with van der Waals surface area (Å²) in [6, 6.07) is 7.35. The second-order valence-corrected chi connectivity index (χ2v) is 5.78. The Morgan fingerprint density at radius 1 is 1.35 bits per heavy atom. The summed E-state index contributed by atoms with van der Waals surface area (Å²) < 4.78 is 5.26. The summed E-state index contributed by atoms with van der Waals surface area (Å²) in [6.45, 7) is 0.131. The number of carboxylic acid groups (broad SMARTS) is 1. The highest BCUT2D eigenvalue weighted by atomic mass is 16.5. The van der Waals surface area contributed by atoms with Gasteiger partial charge in [-0.1, -0.05) is 30.4 Å². The number of allylic oxidation sites excluding steroid dienone is 2. The molecule has 0 spiro atoms. The predicted molar refractivity (Wildman–Crippen MR) is 87.3 cm³/mol. The number of para-hydroxylation sites is 1. The first kappa shape index (κ1) is 17.1. The van der Waals surface area contributed by atoms with Gasteiger partial charge in [0.2, 0.25) is 5.91 Å². The van der Waals surface area contributed by atoms with E-state index in [-0.39, 0.29) is 18.4 Å². The van der Waals surface area contributed by atoms with Gasteiger partial charge in [0.1, 0.15) is 5.75 Å². The summed E-state index contributed by atoms with van der Waals surface area (Å²) in [5, 5.41) is 12.2. The molecule has 2 N–H and O–H groups in total. The van der Waals surface area contributed by atoms with Crippen LogP contribution in [-0.2, 0) is 16.0 Å². The van der Waals surface area contributed by atoms with Crippen molar-refractivity contribution in [3.63, 3.8) is 0 Å². The number of nitrogens with one attached hydrogen (secondary N) is 1. The quantitative estimate of drug-likeness (QED) is 0.757. The average molecular weight is 317 g/mol. The van der Waals surface area contributed by atoms with Gasteiger partial charge in [0.25, 0.3) is 0 Å². The predicted octanol–water partition coefficient (Wildman–Crippen LogP) is 2.41. The first-order chi connectivity index (χ1) is 11.1. The molecule has 1 aromatic rings. The molecule has 0 unspecified atom stereocenters. The lowest BCUT2D eigenvalue weighted by atomic mass is 9.93. The van der Waals surface area contributed by atoms with Crippen LogP contribution in [0.1, 0.15) is 24.8 Å². The van der Waals surface area contributed by atoms with Crippen molar-refractivity contribution in [1.29, 1.82) is 0 Å². The van der Waals surface area contributed by atoms with E-state index in [0.29, 0.717) is 12.2 Å². The second kappa shape index (κ2) is 8.36. The normalized spacial score (nSPS) is 18.2. The van der Waals surface area contributed by atoms with Crippen LogP contribution in [0.5, 0.6) is 5.75 Å². The Morgan fingerprint density at radius 3 is 2.78 bits per heavy atom. The van der Waals surface area contributed by atoms with Crippen molar-refractivity contribution >= 4 is 11.9 Å². The zero-order valence-electron chi connectivity index (χ0n) is 13.3. The molecule has 5 nitrogen and oxygen atoms in total. The Bertz CT molecular complexity index is 582. The maximum absolute atomic E-state index is 12.1. The number of carbonyl (C=O) groups is 2. The molecule has 1 aliphatic carbocycles. The highest BCUT2D eigenvalue weighted by molar-refractivity contribution is 5.80. The third-order valence-corrected chi connectivity index (χ3v) is 4.17. The Morgan fingerprint density at radius 2 is 2.13 bits per heavy atom. The number of rotatable bonds is 7. The minimum Gasteiger partial charge on any atom is -0.496 e. The fraction of sp³-hybridized carbons (Fsp3) is 0.444. The lowest BCUT2D eigenvalue weighted by Crippen LogP contribution is -2.37. The molecule has 0 heterocycles. The number of aliphatic carboxylic acids is 1. The maximum Gasteiger partial charge on any atom is 0.308 e. The van der Waals surface area contributed by atoms with Crippen molar-refractivity contribution in [3.05, 3.63) is 42.0 Å². The monoisotopic (exact) mass is 317 g/mol. The molecule has 23 heavy (non-hydrogen) atoms. The molecular weight excluding hydrogens is 294 g/mol. The molecule has 1 aliphatic rings. The molecule has 1 aromatic carbocycles. The van der Waals surface area contributed by atoms with E-state index in [4.69, 9.17) is 4.74 Å². The van der Waals surface area contributed by atoms with Crippen LogP contribution in [-0.4, -0.2) is 30.6 Å². The molecule has 5 heteroatoms. The Balaban J connectivity index is 1.95. The number of hydrogen-bond acceptors (Lipinski definition) is 3. The molecular formula is C18H23NO4. The summed E-state index contributed by atoms with van der Waals surface area (Å²) in [6.07, 6.45) is 6.87. The summed E-state index contributed by atoms with van der Waals surface area (Å²) in [5.41, 5.74) is 0.831. The largest absolute Gasteiger partial charge is 0.496 e. The number of ether oxygens (including phenoxy) is 1. The van der Waals surface area contributed by atoms with Crippen LogP contribution in [0.25, 0.3) is 0 Å². The SMILES string of the molecule is COc1ccccc1C[C@H](CNC(=O)[C@@H]1CC=CCC1)C(=O)O. The summed E-state index contributed by atoms with van der Waals surface area (Å²) in [7, 11) is 1.56. The van der Waals surface area contributed by atoms with Crippen molar-refractivity contribution in [1.82, 2.24) is 5.32 Å². The van der Waals surface area contributed by atoms with Crippen LogP contribution in [0.2, 0.25) is 0 Å². The molecule has 0 saturated heterocycles. The Labute approximate surface area is 136 Å². The van der Waals surface area contributed by atoms with Gasteiger partial charge in [-0.05, 0) is 37.3 Å². The highest BCUT2D eigenvalue weighted by Gasteiger charge is 2.23. The van der Waals surface area contributed by atoms with Crippen LogP contribution in [0, 0.1) is 11.8 Å². The fourth-order valence-corrected chi connectivity index (χ4v) is 2.78. The van der Waals surface area contributed by atoms with Crippen molar-refractivity contribution in [2.24, 2.45) is 11.8 Å². The first-order valence-corrected chi connectivity index (χ1v) is 7.89. The van der Waals surface area contributed by atoms with Crippen molar-refractivity contribution in [3.8, 4) is 5.75 Å². The molecule has 0 aromatic heterocycles. The van der Waals surface area contributed by atoms with E-state index in [1.54, 1.807) is 13.2 Å². The molecule has 0 fully saturated rings. The van der Waals surface area contributed by atoms with Crippen LogP contribution < -0.4 is 10.1 Å². The number of carboxylic acids is 1. The van der Waals surface area contributed by atoms with Gasteiger partial charge in [-0.15, -0.1) is 0 Å². The lowest BCUT2D eigenvalue weighted by Gasteiger charge is -2.20. The number of methoxy groups -OCH3 is 1. The number of carbonyl (C=O) groups excluding carboxylic acids is 1. The third-order valence-electron chi connectivity index (χ3n) is 4.17. The molecule has 0 bridgehead atoms. The van der Waals surface area contributed by atoms with Gasteiger partial charge < -0.3 is 15.2 Å². The van der Waals surface area contributed by atoms with E-state index in [0.717, 1.165) is 24.8 Å². The van der Waals surface area contributed by atoms with Crippen molar-refractivity contribution in [2.75, 3.05) is 13.7 Å². The highest BCUT2D eigenvalue weighted by Crippen LogP contribution is 2.22. The molecule has 2 rings (SSSR count). The topological polar surface area (TPSA) is 75.6 Å². The summed E-state index contributed by atoms with van der Waals surface area (Å²) in [4.78, 5) is 23.6. The zero-order chi connectivity index (χ0) is 16.7. The first-order valence-electron chi connectivity index (χ1n) is 7.89. The zero-order valence-corrected chi connectivity index (χ0v) is 13.3. The average Bonchev–Trinajstić information content (AvgIpc) is 2.59. The van der Waals surface area contributed by atoms with Gasteiger partial charge in [0, 0.05) is 12.5 Å². The lowest BCUT2D eigenvalue weighted by molar-refractivity contribution is -0.141. The summed E-state index contributed by atoms with van der Waals surface area (Å²) >= 11 is 0. The van der Waals surface area contributed by atoms with Crippen LogP contribution in [0.15, 0.2) is 36.4 Å². The molecule has 0 radical (unpaired) electrons. The second-order valence-electron chi connectivity index (χ2n) is 5.78.